The first-order valence-electron chi connectivity index (χ1n) is 12.6. The minimum atomic E-state index is -0.704. The van der Waals surface area contributed by atoms with Gasteiger partial charge in [-0.2, -0.15) is 4.98 Å². The Balaban J connectivity index is 1.58. The number of carbonyl (C=O) groups excluding carboxylic acids is 1. The average Bonchev–Trinajstić information content (AvgIpc) is 3.39. The van der Waals surface area contributed by atoms with Crippen molar-refractivity contribution in [3.05, 3.63) is 105 Å². The van der Waals surface area contributed by atoms with E-state index in [-0.39, 0.29) is 35.7 Å². The van der Waals surface area contributed by atoms with Crippen LogP contribution in [0.3, 0.4) is 0 Å². The molecular formula is C30H29N3O6. The smallest absolute Gasteiger partial charge is 0.338 e. The zero-order chi connectivity index (χ0) is 27.7. The maximum absolute atomic E-state index is 14.1. The average molecular weight is 528 g/mol. The highest BCUT2D eigenvalue weighted by atomic mass is 16.5. The van der Waals surface area contributed by atoms with E-state index < -0.39 is 11.9 Å². The molecule has 0 amide bonds. The molecule has 0 spiro atoms. The number of ether oxygens (including phenoxy) is 3. The molecule has 0 saturated carbocycles. The standard InChI is InChI=1S/C30H29N3O6/c1-6-37-30(35)25-18(3)38-28-27(26(25)21-9-7-17(2)8-10-21)29(34)33(19(4)31-28)16-23-15-24(32-39-23)20-11-13-22(36-5)14-12-20/h7-15,26H,6,16H2,1-5H3. The van der Waals surface area contributed by atoms with E-state index in [2.05, 4.69) is 10.1 Å². The Labute approximate surface area is 225 Å². The number of fused-ring (bicyclic) bond motifs is 1. The van der Waals surface area contributed by atoms with E-state index in [0.29, 0.717) is 23.0 Å². The van der Waals surface area contributed by atoms with Gasteiger partial charge in [0.1, 0.15) is 23.0 Å². The van der Waals surface area contributed by atoms with Gasteiger partial charge in [-0.05, 0) is 57.5 Å². The molecule has 9 nitrogen and oxygen atoms in total. The van der Waals surface area contributed by atoms with E-state index in [9.17, 15) is 9.59 Å². The molecule has 200 valence electrons. The first-order chi connectivity index (χ1) is 18.8. The van der Waals surface area contributed by atoms with Gasteiger partial charge in [0.15, 0.2) is 5.76 Å². The molecule has 2 aromatic carbocycles. The number of aryl methyl sites for hydroxylation is 2. The van der Waals surface area contributed by atoms with Crippen molar-refractivity contribution in [2.45, 2.75) is 40.2 Å². The summed E-state index contributed by atoms with van der Waals surface area (Å²) in [6.07, 6.45) is 0. The lowest BCUT2D eigenvalue weighted by molar-refractivity contribution is -0.139. The van der Waals surface area contributed by atoms with Gasteiger partial charge >= 0.3 is 5.97 Å². The van der Waals surface area contributed by atoms with Crippen molar-refractivity contribution in [1.82, 2.24) is 14.7 Å². The van der Waals surface area contributed by atoms with Crippen molar-refractivity contribution in [1.29, 1.82) is 0 Å². The highest BCUT2D eigenvalue weighted by Gasteiger charge is 2.38. The Morgan fingerprint density at radius 1 is 1.05 bits per heavy atom. The molecule has 0 fully saturated rings. The van der Waals surface area contributed by atoms with Crippen LogP contribution in [0.4, 0.5) is 0 Å². The zero-order valence-corrected chi connectivity index (χ0v) is 22.5. The Morgan fingerprint density at radius 3 is 2.44 bits per heavy atom. The number of allylic oxidation sites excluding steroid dienone is 1. The quantitative estimate of drug-likeness (QED) is 0.312. The van der Waals surface area contributed by atoms with E-state index in [4.69, 9.17) is 18.7 Å². The maximum atomic E-state index is 14.1. The van der Waals surface area contributed by atoms with Crippen molar-refractivity contribution in [2.75, 3.05) is 13.7 Å². The van der Waals surface area contributed by atoms with Crippen LogP contribution in [-0.4, -0.2) is 34.4 Å². The SMILES string of the molecule is CCOC(=O)C1=C(C)Oc2nc(C)n(Cc3cc(-c4ccc(OC)cc4)no3)c(=O)c2C1c1ccc(C)cc1. The molecule has 0 saturated heterocycles. The summed E-state index contributed by atoms with van der Waals surface area (Å²) >= 11 is 0. The summed E-state index contributed by atoms with van der Waals surface area (Å²) in [6.45, 7) is 7.43. The van der Waals surface area contributed by atoms with Crippen LogP contribution < -0.4 is 15.0 Å². The molecule has 0 bridgehead atoms. The Morgan fingerprint density at radius 2 is 1.77 bits per heavy atom. The fraction of sp³-hybridized carbons (Fsp3) is 0.267. The van der Waals surface area contributed by atoms with Crippen LogP contribution >= 0.6 is 0 Å². The molecular weight excluding hydrogens is 498 g/mol. The van der Waals surface area contributed by atoms with Gasteiger partial charge in [0.05, 0.1) is 37.3 Å². The maximum Gasteiger partial charge on any atom is 0.338 e. The second kappa shape index (κ2) is 10.6. The molecule has 0 N–H and O–H groups in total. The van der Waals surface area contributed by atoms with E-state index in [1.807, 2.05) is 55.5 Å². The Hall–Kier alpha value is -4.66. The first-order valence-corrected chi connectivity index (χ1v) is 12.6. The minimum absolute atomic E-state index is 0.103. The summed E-state index contributed by atoms with van der Waals surface area (Å²) < 4.78 is 23.6. The molecule has 39 heavy (non-hydrogen) atoms. The van der Waals surface area contributed by atoms with Gasteiger partial charge in [-0.25, -0.2) is 4.79 Å². The van der Waals surface area contributed by atoms with E-state index in [1.54, 1.807) is 33.9 Å². The summed E-state index contributed by atoms with van der Waals surface area (Å²) in [7, 11) is 1.61. The monoisotopic (exact) mass is 527 g/mol. The number of aromatic nitrogens is 3. The lowest BCUT2D eigenvalue weighted by Crippen LogP contribution is -2.34. The fourth-order valence-corrected chi connectivity index (χ4v) is 4.71. The van der Waals surface area contributed by atoms with Gasteiger partial charge in [-0.1, -0.05) is 35.0 Å². The number of carbonyl (C=O) groups is 1. The first kappa shape index (κ1) is 26.0. The van der Waals surface area contributed by atoms with E-state index in [1.165, 1.54) is 4.57 Å². The highest BCUT2D eigenvalue weighted by Crippen LogP contribution is 2.41. The Kier molecular flexibility index (Phi) is 7.06. The zero-order valence-electron chi connectivity index (χ0n) is 22.5. The fourth-order valence-electron chi connectivity index (χ4n) is 4.71. The van der Waals surface area contributed by atoms with Gasteiger partial charge in [0, 0.05) is 11.6 Å². The summed E-state index contributed by atoms with van der Waals surface area (Å²) in [5.74, 6) is 0.963. The van der Waals surface area contributed by atoms with Crippen LogP contribution in [0, 0.1) is 13.8 Å². The predicted molar refractivity (Wildman–Crippen MR) is 144 cm³/mol. The van der Waals surface area contributed by atoms with Crippen molar-refractivity contribution in [2.24, 2.45) is 0 Å². The molecule has 1 unspecified atom stereocenters. The summed E-state index contributed by atoms with van der Waals surface area (Å²) in [5, 5.41) is 4.18. The largest absolute Gasteiger partial charge is 0.497 e. The van der Waals surface area contributed by atoms with Crippen LogP contribution in [0.25, 0.3) is 11.3 Å². The lowest BCUT2D eigenvalue weighted by Gasteiger charge is -2.28. The molecule has 9 heteroatoms. The molecule has 1 atom stereocenters. The third-order valence-electron chi connectivity index (χ3n) is 6.73. The molecule has 0 radical (unpaired) electrons. The Bertz CT molecular complexity index is 1610. The molecule has 5 rings (SSSR count). The molecule has 0 aliphatic carbocycles. The highest BCUT2D eigenvalue weighted by molar-refractivity contribution is 5.92. The van der Waals surface area contributed by atoms with Gasteiger partial charge < -0.3 is 18.7 Å². The van der Waals surface area contributed by atoms with Gasteiger partial charge in [-0.3, -0.25) is 9.36 Å². The summed E-state index contributed by atoms with van der Waals surface area (Å²) in [6, 6.07) is 16.9. The van der Waals surface area contributed by atoms with Gasteiger partial charge in [0.25, 0.3) is 5.56 Å². The number of hydrogen-bond donors (Lipinski definition) is 0. The topological polar surface area (TPSA) is 106 Å². The van der Waals surface area contributed by atoms with Crippen LogP contribution in [-0.2, 0) is 16.1 Å². The van der Waals surface area contributed by atoms with Crippen molar-refractivity contribution in [3.63, 3.8) is 0 Å². The second-order valence-electron chi connectivity index (χ2n) is 9.31. The third-order valence-corrected chi connectivity index (χ3v) is 6.73. The van der Waals surface area contributed by atoms with Gasteiger partial charge in [0.2, 0.25) is 5.88 Å². The second-order valence-corrected chi connectivity index (χ2v) is 9.31. The predicted octanol–water partition coefficient (Wildman–Crippen LogP) is 4.93. The molecule has 1 aliphatic rings. The minimum Gasteiger partial charge on any atom is -0.497 e. The third kappa shape index (κ3) is 4.95. The number of hydrogen-bond acceptors (Lipinski definition) is 8. The van der Waals surface area contributed by atoms with E-state index >= 15 is 0 Å². The van der Waals surface area contributed by atoms with Crippen LogP contribution in [0.1, 0.15) is 48.0 Å². The molecule has 2 aromatic heterocycles. The van der Waals surface area contributed by atoms with Crippen molar-refractivity contribution < 1.29 is 23.5 Å². The van der Waals surface area contributed by atoms with Gasteiger partial charge in [-0.15, -0.1) is 0 Å². The number of rotatable bonds is 7. The molecule has 1 aliphatic heterocycles. The van der Waals surface area contributed by atoms with Crippen LogP contribution in [0.5, 0.6) is 11.6 Å². The number of methoxy groups -OCH3 is 1. The van der Waals surface area contributed by atoms with Crippen molar-refractivity contribution >= 4 is 5.97 Å². The van der Waals surface area contributed by atoms with Crippen molar-refractivity contribution in [3.8, 4) is 22.9 Å². The molecule has 4 aromatic rings. The molecule has 3 heterocycles. The number of benzene rings is 2. The van der Waals surface area contributed by atoms with Crippen LogP contribution in [0.15, 0.2) is 75.2 Å². The summed E-state index contributed by atoms with van der Waals surface area (Å²) in [4.78, 5) is 31.8. The normalized spacial score (nSPS) is 14.5. The van der Waals surface area contributed by atoms with E-state index in [0.717, 1.165) is 22.4 Å². The lowest BCUT2D eigenvalue weighted by atomic mass is 9.83. The number of nitrogens with zero attached hydrogens (tertiary/aromatic N) is 3. The number of esters is 1. The summed E-state index contributed by atoms with van der Waals surface area (Å²) in [5.41, 5.74) is 3.53. The van der Waals surface area contributed by atoms with Crippen LogP contribution in [0.2, 0.25) is 0 Å².